The fourth-order valence-corrected chi connectivity index (χ4v) is 3.28. The molecule has 0 spiro atoms. The van der Waals surface area contributed by atoms with Crippen molar-refractivity contribution in [2.45, 2.75) is 63.5 Å². The summed E-state index contributed by atoms with van der Waals surface area (Å²) in [6, 6.07) is -0.197. The van der Waals surface area contributed by atoms with Crippen molar-refractivity contribution < 1.29 is 19.8 Å². The Kier molecular flexibility index (Phi) is 4.46. The van der Waals surface area contributed by atoms with Gasteiger partial charge in [0.2, 0.25) is 0 Å². The van der Waals surface area contributed by atoms with Crippen molar-refractivity contribution in [3.8, 4) is 0 Å². The fourth-order valence-electron chi connectivity index (χ4n) is 3.28. The van der Waals surface area contributed by atoms with Gasteiger partial charge in [0.05, 0.1) is 5.60 Å². The summed E-state index contributed by atoms with van der Waals surface area (Å²) >= 11 is 0. The van der Waals surface area contributed by atoms with Gasteiger partial charge in [-0.3, -0.25) is 0 Å². The molecule has 2 saturated heterocycles. The van der Waals surface area contributed by atoms with Crippen molar-refractivity contribution in [1.82, 2.24) is 9.80 Å². The van der Waals surface area contributed by atoms with Gasteiger partial charge in [-0.1, -0.05) is 0 Å². The number of piperidine rings is 1. The standard InChI is InChI=1S/C15H26N2O4/c1-14(21)6-5-9-16(11-8-14)13(20)17-10-4-3-7-15(17,2)12(18)19/h21H,3-11H2,1-2H3,(H,18,19). The van der Waals surface area contributed by atoms with Crippen LogP contribution < -0.4 is 0 Å². The van der Waals surface area contributed by atoms with Gasteiger partial charge in [0, 0.05) is 19.6 Å². The molecule has 2 unspecified atom stereocenters. The summed E-state index contributed by atoms with van der Waals surface area (Å²) in [4.78, 5) is 27.6. The first-order valence-corrected chi connectivity index (χ1v) is 7.79. The van der Waals surface area contributed by atoms with Crippen LogP contribution >= 0.6 is 0 Å². The Labute approximate surface area is 125 Å². The van der Waals surface area contributed by atoms with Crippen LogP contribution in [0.3, 0.4) is 0 Å². The van der Waals surface area contributed by atoms with Crippen molar-refractivity contribution in [3.63, 3.8) is 0 Å². The zero-order valence-electron chi connectivity index (χ0n) is 13.0. The Hall–Kier alpha value is -1.30. The van der Waals surface area contributed by atoms with Crippen LogP contribution in [0.4, 0.5) is 4.79 Å². The molecule has 2 heterocycles. The molecule has 2 aliphatic heterocycles. The van der Waals surface area contributed by atoms with Crippen molar-refractivity contribution >= 4 is 12.0 Å². The number of nitrogens with zero attached hydrogens (tertiary/aromatic N) is 2. The van der Waals surface area contributed by atoms with E-state index in [4.69, 9.17) is 0 Å². The molecule has 0 bridgehead atoms. The van der Waals surface area contributed by atoms with Gasteiger partial charge in [-0.25, -0.2) is 9.59 Å². The van der Waals surface area contributed by atoms with Crippen LogP contribution in [0.2, 0.25) is 0 Å². The highest BCUT2D eigenvalue weighted by atomic mass is 16.4. The molecule has 2 rings (SSSR count). The maximum absolute atomic E-state index is 12.7. The minimum absolute atomic E-state index is 0.197. The number of carbonyl (C=O) groups is 2. The van der Waals surface area contributed by atoms with E-state index in [0.29, 0.717) is 38.9 Å². The quantitative estimate of drug-likeness (QED) is 0.771. The molecule has 21 heavy (non-hydrogen) atoms. The number of aliphatic carboxylic acids is 1. The van der Waals surface area contributed by atoms with Crippen LogP contribution in [-0.2, 0) is 4.79 Å². The molecule has 2 atom stereocenters. The van der Waals surface area contributed by atoms with E-state index in [0.717, 1.165) is 19.3 Å². The normalized spacial score (nSPS) is 34.4. The van der Waals surface area contributed by atoms with Gasteiger partial charge in [0.1, 0.15) is 5.54 Å². The van der Waals surface area contributed by atoms with Gasteiger partial charge in [-0.2, -0.15) is 0 Å². The highest BCUT2D eigenvalue weighted by Crippen LogP contribution is 2.30. The molecule has 6 heteroatoms. The van der Waals surface area contributed by atoms with E-state index < -0.39 is 17.1 Å². The summed E-state index contributed by atoms with van der Waals surface area (Å²) in [5.41, 5.74) is -1.84. The van der Waals surface area contributed by atoms with Crippen LogP contribution in [0.5, 0.6) is 0 Å². The summed E-state index contributed by atoms with van der Waals surface area (Å²) in [5, 5.41) is 19.6. The molecule has 0 aromatic rings. The van der Waals surface area contributed by atoms with Gasteiger partial charge in [0.25, 0.3) is 0 Å². The van der Waals surface area contributed by atoms with Crippen molar-refractivity contribution in [1.29, 1.82) is 0 Å². The van der Waals surface area contributed by atoms with E-state index in [9.17, 15) is 19.8 Å². The summed E-state index contributed by atoms with van der Waals surface area (Å²) in [6.45, 7) is 5.00. The first-order chi connectivity index (χ1) is 9.76. The van der Waals surface area contributed by atoms with E-state index in [1.54, 1.807) is 18.7 Å². The second-order valence-electron chi connectivity index (χ2n) is 6.81. The van der Waals surface area contributed by atoms with E-state index in [2.05, 4.69) is 0 Å². The number of carboxylic acids is 1. The maximum Gasteiger partial charge on any atom is 0.329 e. The van der Waals surface area contributed by atoms with Crippen molar-refractivity contribution in [3.05, 3.63) is 0 Å². The highest BCUT2D eigenvalue weighted by molar-refractivity contribution is 5.86. The number of urea groups is 1. The lowest BCUT2D eigenvalue weighted by molar-refractivity contribution is -0.150. The van der Waals surface area contributed by atoms with Crippen molar-refractivity contribution in [2.75, 3.05) is 19.6 Å². The average molecular weight is 298 g/mol. The maximum atomic E-state index is 12.7. The van der Waals surface area contributed by atoms with Gasteiger partial charge < -0.3 is 20.0 Å². The molecule has 0 aromatic heterocycles. The third-order valence-electron chi connectivity index (χ3n) is 4.92. The van der Waals surface area contributed by atoms with E-state index in [-0.39, 0.29) is 6.03 Å². The number of likely N-dealkylation sites (tertiary alicyclic amines) is 2. The third kappa shape index (κ3) is 3.31. The SMILES string of the molecule is CC1(O)CCCN(C(=O)N2CCCCC2(C)C(=O)O)CC1. The minimum Gasteiger partial charge on any atom is -0.480 e. The molecule has 0 aromatic carbocycles. The van der Waals surface area contributed by atoms with E-state index >= 15 is 0 Å². The lowest BCUT2D eigenvalue weighted by atomic mass is 9.89. The van der Waals surface area contributed by atoms with Gasteiger partial charge >= 0.3 is 12.0 Å². The van der Waals surface area contributed by atoms with E-state index in [1.807, 2.05) is 0 Å². The molecule has 0 saturated carbocycles. The average Bonchev–Trinajstić information content (AvgIpc) is 2.59. The van der Waals surface area contributed by atoms with Crippen molar-refractivity contribution in [2.24, 2.45) is 0 Å². The number of amides is 2. The van der Waals surface area contributed by atoms with Crippen LogP contribution in [0.15, 0.2) is 0 Å². The Bertz CT molecular complexity index is 424. The molecular weight excluding hydrogens is 272 g/mol. The van der Waals surface area contributed by atoms with Gasteiger partial charge in [0.15, 0.2) is 0 Å². The molecule has 2 fully saturated rings. The fraction of sp³-hybridized carbons (Fsp3) is 0.867. The molecule has 2 N–H and O–H groups in total. The zero-order valence-corrected chi connectivity index (χ0v) is 13.0. The molecule has 0 aliphatic carbocycles. The Morgan fingerprint density at radius 3 is 2.33 bits per heavy atom. The summed E-state index contributed by atoms with van der Waals surface area (Å²) in [7, 11) is 0. The lowest BCUT2D eigenvalue weighted by Gasteiger charge is -2.43. The zero-order chi connectivity index (χ0) is 15.7. The molecule has 120 valence electrons. The summed E-state index contributed by atoms with van der Waals surface area (Å²) < 4.78 is 0. The molecule has 2 amide bonds. The Morgan fingerprint density at radius 2 is 1.67 bits per heavy atom. The van der Waals surface area contributed by atoms with E-state index in [1.165, 1.54) is 4.90 Å². The van der Waals surface area contributed by atoms with Gasteiger partial charge in [-0.15, -0.1) is 0 Å². The number of carbonyl (C=O) groups excluding carboxylic acids is 1. The first-order valence-electron chi connectivity index (χ1n) is 7.79. The number of hydrogen-bond acceptors (Lipinski definition) is 3. The molecule has 0 radical (unpaired) electrons. The van der Waals surface area contributed by atoms with Crippen LogP contribution in [0.1, 0.15) is 52.4 Å². The lowest BCUT2D eigenvalue weighted by Crippen LogP contribution is -2.60. The first kappa shape index (κ1) is 16.1. The van der Waals surface area contributed by atoms with Gasteiger partial charge in [-0.05, 0) is 52.4 Å². The second kappa shape index (κ2) is 5.83. The monoisotopic (exact) mass is 298 g/mol. The Balaban J connectivity index is 2.12. The topological polar surface area (TPSA) is 81.1 Å². The molecule has 6 nitrogen and oxygen atoms in total. The molecular formula is C15H26N2O4. The van der Waals surface area contributed by atoms with Crippen LogP contribution in [0.25, 0.3) is 0 Å². The molecule has 2 aliphatic rings. The largest absolute Gasteiger partial charge is 0.480 e. The number of carboxylic acid groups (broad SMARTS) is 1. The summed E-state index contributed by atoms with van der Waals surface area (Å²) in [6.07, 6.45) is 4.14. The number of hydrogen-bond donors (Lipinski definition) is 2. The number of rotatable bonds is 1. The second-order valence-corrected chi connectivity index (χ2v) is 6.81. The van der Waals surface area contributed by atoms with Crippen LogP contribution in [-0.4, -0.2) is 62.8 Å². The summed E-state index contributed by atoms with van der Waals surface area (Å²) in [5.74, 6) is -0.933. The Morgan fingerprint density at radius 1 is 0.952 bits per heavy atom. The number of aliphatic hydroxyl groups is 1. The smallest absolute Gasteiger partial charge is 0.329 e. The van der Waals surface area contributed by atoms with Crippen LogP contribution in [0, 0.1) is 0 Å². The third-order valence-corrected chi connectivity index (χ3v) is 4.92. The highest BCUT2D eigenvalue weighted by Gasteiger charge is 2.45. The predicted molar refractivity (Wildman–Crippen MR) is 78.0 cm³/mol. The predicted octanol–water partition coefficient (Wildman–Crippen LogP) is 1.67. The minimum atomic E-state index is -1.11.